The van der Waals surface area contributed by atoms with Gasteiger partial charge in [-0.1, -0.05) is 52.4 Å². The molecule has 0 bridgehead atoms. The monoisotopic (exact) mass is 201 g/mol. The molecule has 86 valence electrons. The van der Waals surface area contributed by atoms with Crippen LogP contribution in [0.4, 0.5) is 0 Å². The lowest BCUT2D eigenvalue weighted by atomic mass is 10.0. The maximum atomic E-state index is 10.0. The number of hydroxylamine groups is 1. The van der Waals surface area contributed by atoms with Gasteiger partial charge in [0.15, 0.2) is 0 Å². The third-order valence-electron chi connectivity index (χ3n) is 2.60. The summed E-state index contributed by atoms with van der Waals surface area (Å²) < 4.78 is 0. The standard InChI is InChI=1S/C12H27NO/c1-12(2)10-8-6-4-3-5-7-9-11-13-14/h12H,3-11,13H2,1-2H3. The van der Waals surface area contributed by atoms with E-state index < -0.39 is 0 Å². The largest absolute Gasteiger partial charge is 0.636 e. The molecule has 0 amide bonds. The van der Waals surface area contributed by atoms with Gasteiger partial charge in [-0.15, -0.1) is 0 Å². The average Bonchev–Trinajstić information content (AvgIpc) is 2.15. The molecule has 0 heterocycles. The fraction of sp³-hybridized carbons (Fsp3) is 1.00. The van der Waals surface area contributed by atoms with Crippen molar-refractivity contribution in [2.24, 2.45) is 5.92 Å². The molecule has 0 atom stereocenters. The molecule has 2 N–H and O–H groups in total. The highest BCUT2D eigenvalue weighted by Crippen LogP contribution is 2.11. The Labute approximate surface area is 89.1 Å². The van der Waals surface area contributed by atoms with Gasteiger partial charge < -0.3 is 10.7 Å². The van der Waals surface area contributed by atoms with Gasteiger partial charge >= 0.3 is 0 Å². The van der Waals surface area contributed by atoms with Crippen molar-refractivity contribution in [1.82, 2.24) is 0 Å². The number of rotatable bonds is 10. The molecule has 0 aromatic carbocycles. The van der Waals surface area contributed by atoms with Crippen LogP contribution in [0.2, 0.25) is 0 Å². The van der Waals surface area contributed by atoms with Crippen molar-refractivity contribution in [2.45, 2.75) is 65.2 Å². The molecule has 0 aliphatic carbocycles. The maximum absolute atomic E-state index is 10.0. The third kappa shape index (κ3) is 11.9. The van der Waals surface area contributed by atoms with E-state index in [0.717, 1.165) is 24.4 Å². The van der Waals surface area contributed by atoms with Gasteiger partial charge in [-0.3, -0.25) is 0 Å². The summed E-state index contributed by atoms with van der Waals surface area (Å²) in [7, 11) is 0. The van der Waals surface area contributed by atoms with E-state index in [0.29, 0.717) is 0 Å². The van der Waals surface area contributed by atoms with Crippen LogP contribution in [0.15, 0.2) is 0 Å². The summed E-state index contributed by atoms with van der Waals surface area (Å²) in [6, 6.07) is 0. The summed E-state index contributed by atoms with van der Waals surface area (Å²) >= 11 is 0. The Kier molecular flexibility index (Phi) is 10.9. The Bertz CT molecular complexity index is 104. The van der Waals surface area contributed by atoms with Gasteiger partial charge in [0.1, 0.15) is 0 Å². The summed E-state index contributed by atoms with van der Waals surface area (Å²) in [6.07, 6.45) is 10.6. The van der Waals surface area contributed by atoms with Crippen LogP contribution in [0.5, 0.6) is 0 Å². The molecule has 0 saturated heterocycles. The number of hydrogen-bond donors (Lipinski definition) is 1. The van der Waals surface area contributed by atoms with E-state index in [9.17, 15) is 5.21 Å². The van der Waals surface area contributed by atoms with Gasteiger partial charge in [0.25, 0.3) is 0 Å². The normalized spacial score (nSPS) is 11.1. The van der Waals surface area contributed by atoms with Crippen molar-refractivity contribution >= 4 is 0 Å². The van der Waals surface area contributed by atoms with Crippen molar-refractivity contribution in [3.05, 3.63) is 5.21 Å². The van der Waals surface area contributed by atoms with Gasteiger partial charge in [-0.25, -0.2) is 0 Å². The molecule has 14 heavy (non-hydrogen) atoms. The third-order valence-corrected chi connectivity index (χ3v) is 2.60. The first-order valence-electron chi connectivity index (χ1n) is 6.21. The van der Waals surface area contributed by atoms with Crippen LogP contribution >= 0.6 is 0 Å². The Morgan fingerprint density at radius 2 is 1.36 bits per heavy atom. The maximum Gasteiger partial charge on any atom is 0.0752 e. The van der Waals surface area contributed by atoms with Gasteiger partial charge in [0, 0.05) is 0 Å². The van der Waals surface area contributed by atoms with Crippen LogP contribution < -0.4 is 5.48 Å². The summed E-state index contributed by atoms with van der Waals surface area (Å²) in [5.41, 5.74) is 1.03. The van der Waals surface area contributed by atoms with Crippen LogP contribution in [-0.2, 0) is 0 Å². The summed E-state index contributed by atoms with van der Waals surface area (Å²) in [4.78, 5) is 0. The predicted molar refractivity (Wildman–Crippen MR) is 61.9 cm³/mol. The molecule has 0 saturated carbocycles. The van der Waals surface area contributed by atoms with Gasteiger partial charge in [0.2, 0.25) is 0 Å². The highest BCUT2D eigenvalue weighted by molar-refractivity contribution is 4.48. The van der Waals surface area contributed by atoms with E-state index in [1.807, 2.05) is 0 Å². The van der Waals surface area contributed by atoms with Crippen LogP contribution in [0.1, 0.15) is 65.2 Å². The van der Waals surface area contributed by atoms with Gasteiger partial charge in [-0.2, -0.15) is 0 Å². The molecule has 0 rings (SSSR count). The summed E-state index contributed by atoms with van der Waals surface area (Å²) in [6.45, 7) is 5.34. The molecule has 2 nitrogen and oxygen atoms in total. The first kappa shape index (κ1) is 13.9. The highest BCUT2D eigenvalue weighted by atomic mass is 16.5. The first-order chi connectivity index (χ1) is 6.77. The second-order valence-corrected chi connectivity index (χ2v) is 4.61. The van der Waals surface area contributed by atoms with E-state index in [2.05, 4.69) is 13.8 Å². The fourth-order valence-electron chi connectivity index (χ4n) is 1.66. The van der Waals surface area contributed by atoms with E-state index >= 15 is 0 Å². The number of unbranched alkanes of at least 4 members (excludes halogenated alkanes) is 6. The lowest BCUT2D eigenvalue weighted by Gasteiger charge is -2.04. The van der Waals surface area contributed by atoms with Crippen LogP contribution in [-0.4, -0.2) is 6.54 Å². The predicted octanol–water partition coefficient (Wildman–Crippen LogP) is 2.82. The quantitative estimate of drug-likeness (QED) is 0.428. The van der Waals surface area contributed by atoms with Crippen molar-refractivity contribution in [3.8, 4) is 0 Å². The highest BCUT2D eigenvalue weighted by Gasteiger charge is 1.94. The molecular formula is C12H27NO. The topological polar surface area (TPSA) is 39.7 Å². The molecule has 0 aromatic rings. The molecule has 0 aliphatic heterocycles. The Morgan fingerprint density at radius 3 is 1.86 bits per heavy atom. The lowest BCUT2D eigenvalue weighted by Crippen LogP contribution is -2.77. The van der Waals surface area contributed by atoms with Crippen LogP contribution in [0.3, 0.4) is 0 Å². The van der Waals surface area contributed by atoms with Gasteiger partial charge in [0.05, 0.1) is 6.54 Å². The van der Waals surface area contributed by atoms with E-state index in [1.165, 1.54) is 44.9 Å². The summed E-state index contributed by atoms with van der Waals surface area (Å²) in [5.74, 6) is 0.864. The molecular weight excluding hydrogens is 174 g/mol. The van der Waals surface area contributed by atoms with Gasteiger partial charge in [-0.05, 0) is 18.8 Å². The van der Waals surface area contributed by atoms with Crippen molar-refractivity contribution in [1.29, 1.82) is 0 Å². The second-order valence-electron chi connectivity index (χ2n) is 4.61. The Balaban J connectivity index is 2.85. The minimum Gasteiger partial charge on any atom is -0.636 e. The molecule has 0 fully saturated rings. The van der Waals surface area contributed by atoms with E-state index in [-0.39, 0.29) is 0 Å². The Morgan fingerprint density at radius 1 is 0.857 bits per heavy atom. The SMILES string of the molecule is CC(C)CCCCCCCCC[NH2+][O-]. The molecule has 0 unspecified atom stereocenters. The van der Waals surface area contributed by atoms with Crippen LogP contribution in [0.25, 0.3) is 0 Å². The zero-order chi connectivity index (χ0) is 10.6. The zero-order valence-corrected chi connectivity index (χ0v) is 9.93. The molecule has 2 heteroatoms. The van der Waals surface area contributed by atoms with Crippen molar-refractivity contribution < 1.29 is 5.48 Å². The van der Waals surface area contributed by atoms with E-state index in [4.69, 9.17) is 0 Å². The van der Waals surface area contributed by atoms with E-state index in [1.54, 1.807) is 0 Å². The Hall–Kier alpha value is -0.0800. The molecule has 0 aliphatic rings. The van der Waals surface area contributed by atoms with Crippen LogP contribution in [0, 0.1) is 11.1 Å². The number of hydrogen-bond acceptors (Lipinski definition) is 1. The first-order valence-corrected chi connectivity index (χ1v) is 6.21. The average molecular weight is 201 g/mol. The molecule has 0 radical (unpaired) electrons. The van der Waals surface area contributed by atoms with Crippen molar-refractivity contribution in [3.63, 3.8) is 0 Å². The number of nitrogens with two attached hydrogens (primary N) is 1. The smallest absolute Gasteiger partial charge is 0.0752 e. The fourth-order valence-corrected chi connectivity index (χ4v) is 1.66. The minimum absolute atomic E-state index is 0.757. The van der Waals surface area contributed by atoms with Crippen molar-refractivity contribution in [2.75, 3.05) is 6.54 Å². The zero-order valence-electron chi connectivity index (χ0n) is 9.93. The molecule has 0 aromatic heterocycles. The minimum atomic E-state index is 0.757. The second kappa shape index (κ2) is 11.0. The summed E-state index contributed by atoms with van der Waals surface area (Å²) in [5, 5.41) is 10.0. The number of quaternary nitrogens is 1. The lowest BCUT2D eigenvalue weighted by molar-refractivity contribution is -0.589. The molecule has 0 spiro atoms.